The number of aromatic nitrogens is 1. The van der Waals surface area contributed by atoms with Crippen LogP contribution in [0, 0.1) is 0 Å². The van der Waals surface area contributed by atoms with Crippen LogP contribution in [0.5, 0.6) is 0 Å². The van der Waals surface area contributed by atoms with Gasteiger partial charge in [-0.2, -0.15) is 0 Å². The molecule has 2 heterocycles. The van der Waals surface area contributed by atoms with Gasteiger partial charge in [0.1, 0.15) is 0 Å². The fourth-order valence-corrected chi connectivity index (χ4v) is 3.18. The van der Waals surface area contributed by atoms with Crippen LogP contribution in [0.15, 0.2) is 28.8 Å². The lowest BCUT2D eigenvalue weighted by Gasteiger charge is -2.33. The number of para-hydroxylation sites is 1. The molecule has 1 fully saturated rings. The number of hydrogen-bond acceptors (Lipinski definition) is 3. The molecule has 1 amide bonds. The number of carboxylic acid groups (broad SMARTS) is 1. The van der Waals surface area contributed by atoms with E-state index in [9.17, 15) is 9.90 Å². The van der Waals surface area contributed by atoms with Gasteiger partial charge in [0.2, 0.25) is 0 Å². The van der Waals surface area contributed by atoms with Gasteiger partial charge < -0.3 is 14.5 Å². The molecule has 1 aromatic heterocycles. The summed E-state index contributed by atoms with van der Waals surface area (Å²) in [5, 5.41) is 14.4. The predicted octanol–water partition coefficient (Wildman–Crippen LogP) is 3.68. The average Bonchev–Trinajstić information content (AvgIpc) is 2.91. The van der Waals surface area contributed by atoms with E-state index in [1.807, 2.05) is 24.3 Å². The van der Waals surface area contributed by atoms with Gasteiger partial charge in [0.15, 0.2) is 5.58 Å². The molecule has 0 bridgehead atoms. The summed E-state index contributed by atoms with van der Waals surface area (Å²) in [7, 11) is 0. The Kier molecular flexibility index (Phi) is 4.08. The molecule has 1 N–H and O–H groups in total. The van der Waals surface area contributed by atoms with Gasteiger partial charge in [-0.25, -0.2) is 4.79 Å². The first-order chi connectivity index (χ1) is 10.3. The van der Waals surface area contributed by atoms with E-state index in [0.717, 1.165) is 55.2 Å². The van der Waals surface area contributed by atoms with Crippen LogP contribution < -0.4 is 0 Å². The average molecular weight is 288 g/mol. The van der Waals surface area contributed by atoms with Crippen LogP contribution in [0.25, 0.3) is 11.0 Å². The number of hydrogen-bond donors (Lipinski definition) is 1. The van der Waals surface area contributed by atoms with Gasteiger partial charge >= 0.3 is 6.09 Å². The van der Waals surface area contributed by atoms with Gasteiger partial charge in [0.05, 0.1) is 5.69 Å². The van der Waals surface area contributed by atoms with E-state index < -0.39 is 6.09 Å². The Morgan fingerprint density at radius 2 is 2.24 bits per heavy atom. The molecule has 21 heavy (non-hydrogen) atoms. The van der Waals surface area contributed by atoms with Gasteiger partial charge in [-0.05, 0) is 50.7 Å². The summed E-state index contributed by atoms with van der Waals surface area (Å²) >= 11 is 0. The minimum atomic E-state index is -0.786. The second kappa shape index (κ2) is 6.16. The van der Waals surface area contributed by atoms with Crippen LogP contribution >= 0.6 is 0 Å². The number of benzene rings is 1. The zero-order valence-electron chi connectivity index (χ0n) is 12.0. The normalized spacial score (nSPS) is 19.0. The highest BCUT2D eigenvalue weighted by Crippen LogP contribution is 2.23. The minimum absolute atomic E-state index is 0.161. The second-order valence-electron chi connectivity index (χ2n) is 5.64. The first-order valence-electron chi connectivity index (χ1n) is 7.58. The molecule has 0 aliphatic carbocycles. The van der Waals surface area contributed by atoms with E-state index in [1.54, 1.807) is 4.90 Å². The van der Waals surface area contributed by atoms with E-state index in [2.05, 4.69) is 5.16 Å². The van der Waals surface area contributed by atoms with Crippen molar-refractivity contribution in [2.24, 2.45) is 0 Å². The SMILES string of the molecule is O=C(O)N1CCCCC1CCCc1noc2ccccc12. The Morgan fingerprint density at radius 1 is 1.38 bits per heavy atom. The van der Waals surface area contributed by atoms with Gasteiger partial charge in [0, 0.05) is 18.0 Å². The molecule has 0 radical (unpaired) electrons. The molecule has 1 saturated heterocycles. The van der Waals surface area contributed by atoms with Crippen molar-refractivity contribution in [3.05, 3.63) is 30.0 Å². The predicted molar refractivity (Wildman–Crippen MR) is 79.3 cm³/mol. The lowest BCUT2D eigenvalue weighted by Crippen LogP contribution is -2.42. The zero-order chi connectivity index (χ0) is 14.7. The molecular weight excluding hydrogens is 268 g/mol. The largest absolute Gasteiger partial charge is 0.465 e. The van der Waals surface area contributed by atoms with Gasteiger partial charge in [-0.1, -0.05) is 17.3 Å². The maximum Gasteiger partial charge on any atom is 0.407 e. The van der Waals surface area contributed by atoms with E-state index in [-0.39, 0.29) is 6.04 Å². The molecular formula is C16H20N2O3. The number of nitrogens with zero attached hydrogens (tertiary/aromatic N) is 2. The summed E-state index contributed by atoms with van der Waals surface area (Å²) in [6.07, 6.45) is 4.97. The van der Waals surface area contributed by atoms with Crippen molar-refractivity contribution in [2.75, 3.05) is 6.54 Å². The Labute approximate surface area is 123 Å². The van der Waals surface area contributed by atoms with Crippen LogP contribution in [-0.4, -0.2) is 33.8 Å². The Bertz CT molecular complexity index is 623. The van der Waals surface area contributed by atoms with Crippen LogP contribution in [0.2, 0.25) is 0 Å². The highest BCUT2D eigenvalue weighted by molar-refractivity contribution is 5.79. The smallest absolute Gasteiger partial charge is 0.407 e. The quantitative estimate of drug-likeness (QED) is 0.931. The van der Waals surface area contributed by atoms with Crippen molar-refractivity contribution >= 4 is 17.1 Å². The van der Waals surface area contributed by atoms with Crippen LogP contribution in [-0.2, 0) is 6.42 Å². The zero-order valence-corrected chi connectivity index (χ0v) is 12.0. The summed E-state index contributed by atoms with van der Waals surface area (Å²) in [6.45, 7) is 0.674. The standard InChI is InChI=1S/C16H20N2O3/c19-16(20)18-11-4-3-6-12(18)7-5-9-14-13-8-1-2-10-15(13)21-17-14/h1-2,8,10,12H,3-7,9,11H2,(H,19,20). The first kappa shape index (κ1) is 13.9. The topological polar surface area (TPSA) is 66.6 Å². The summed E-state index contributed by atoms with van der Waals surface area (Å²) < 4.78 is 5.30. The number of rotatable bonds is 4. The fraction of sp³-hybridized carbons (Fsp3) is 0.500. The van der Waals surface area contributed by atoms with Gasteiger partial charge in [-0.15, -0.1) is 0 Å². The van der Waals surface area contributed by atoms with E-state index in [1.165, 1.54) is 0 Å². The van der Waals surface area contributed by atoms with Gasteiger partial charge in [-0.3, -0.25) is 0 Å². The summed E-state index contributed by atoms with van der Waals surface area (Å²) in [5.41, 5.74) is 1.79. The minimum Gasteiger partial charge on any atom is -0.465 e. The number of fused-ring (bicyclic) bond motifs is 1. The Morgan fingerprint density at radius 3 is 3.10 bits per heavy atom. The first-order valence-corrected chi connectivity index (χ1v) is 7.58. The summed E-state index contributed by atoms with van der Waals surface area (Å²) in [5.74, 6) is 0. The van der Waals surface area contributed by atoms with Crippen LogP contribution in [0.1, 0.15) is 37.8 Å². The van der Waals surface area contributed by atoms with Crippen molar-refractivity contribution in [3.63, 3.8) is 0 Å². The highest BCUT2D eigenvalue weighted by atomic mass is 16.5. The Balaban J connectivity index is 1.59. The monoisotopic (exact) mass is 288 g/mol. The van der Waals surface area contributed by atoms with E-state index in [0.29, 0.717) is 6.54 Å². The van der Waals surface area contributed by atoms with Crippen LogP contribution in [0.4, 0.5) is 4.79 Å². The highest BCUT2D eigenvalue weighted by Gasteiger charge is 2.25. The molecule has 1 unspecified atom stereocenters. The maximum atomic E-state index is 11.2. The van der Waals surface area contributed by atoms with E-state index >= 15 is 0 Å². The molecule has 5 nitrogen and oxygen atoms in total. The van der Waals surface area contributed by atoms with Crippen molar-refractivity contribution in [3.8, 4) is 0 Å². The number of aryl methyl sites for hydroxylation is 1. The number of amides is 1. The number of carbonyl (C=O) groups is 1. The summed E-state index contributed by atoms with van der Waals surface area (Å²) in [6, 6.07) is 8.01. The van der Waals surface area contributed by atoms with Gasteiger partial charge in [0.25, 0.3) is 0 Å². The van der Waals surface area contributed by atoms with Crippen molar-refractivity contribution in [2.45, 2.75) is 44.6 Å². The molecule has 0 spiro atoms. The molecule has 2 aromatic rings. The van der Waals surface area contributed by atoms with Crippen molar-refractivity contribution < 1.29 is 14.4 Å². The third kappa shape index (κ3) is 3.01. The maximum absolute atomic E-state index is 11.2. The molecule has 1 aromatic carbocycles. The lowest BCUT2D eigenvalue weighted by molar-refractivity contribution is 0.103. The molecule has 1 aliphatic heterocycles. The summed E-state index contributed by atoms with van der Waals surface area (Å²) in [4.78, 5) is 12.8. The molecule has 3 rings (SSSR count). The lowest BCUT2D eigenvalue weighted by atomic mass is 9.97. The van der Waals surface area contributed by atoms with E-state index in [4.69, 9.17) is 4.52 Å². The number of piperidine rings is 1. The fourth-order valence-electron chi connectivity index (χ4n) is 3.18. The molecule has 1 atom stereocenters. The van der Waals surface area contributed by atoms with Crippen molar-refractivity contribution in [1.29, 1.82) is 0 Å². The molecule has 0 saturated carbocycles. The molecule has 112 valence electrons. The molecule has 5 heteroatoms. The molecule has 1 aliphatic rings. The van der Waals surface area contributed by atoms with Crippen LogP contribution in [0.3, 0.4) is 0 Å². The third-order valence-electron chi connectivity index (χ3n) is 4.28. The third-order valence-corrected chi connectivity index (χ3v) is 4.28. The Hall–Kier alpha value is -2.04. The number of likely N-dealkylation sites (tertiary alicyclic amines) is 1. The second-order valence-corrected chi connectivity index (χ2v) is 5.64. The van der Waals surface area contributed by atoms with Crippen molar-refractivity contribution in [1.82, 2.24) is 10.1 Å².